The van der Waals surface area contributed by atoms with E-state index in [9.17, 15) is 23.2 Å². The summed E-state index contributed by atoms with van der Waals surface area (Å²) in [6.45, 7) is -0.909. The number of halogens is 2. The van der Waals surface area contributed by atoms with Crippen LogP contribution in [0.2, 0.25) is 0 Å². The molecule has 6 nitrogen and oxygen atoms in total. The molecule has 0 aromatic heterocycles. The standard InChI is InChI=1S/C18H16F2N2O4S/c19-18(20)27-14-8-6-13(7-9-14)22-15(23)11-26-16(24)10-21-17(25)12-4-2-1-3-5-12/h1-9,18H,10-11H2,(H,21,25)(H,22,23). The van der Waals surface area contributed by atoms with E-state index in [1.54, 1.807) is 30.3 Å². The monoisotopic (exact) mass is 394 g/mol. The molecule has 0 spiro atoms. The minimum absolute atomic E-state index is 0.364. The molecule has 2 rings (SSSR count). The highest BCUT2D eigenvalue weighted by Crippen LogP contribution is 2.26. The maximum atomic E-state index is 12.2. The van der Waals surface area contributed by atoms with Gasteiger partial charge >= 0.3 is 5.97 Å². The number of rotatable bonds is 8. The highest BCUT2D eigenvalue weighted by Gasteiger charge is 2.11. The zero-order valence-electron chi connectivity index (χ0n) is 14.0. The third-order valence-corrected chi connectivity index (χ3v) is 3.88. The predicted molar refractivity (Wildman–Crippen MR) is 96.7 cm³/mol. The molecule has 0 saturated carbocycles. The summed E-state index contributed by atoms with van der Waals surface area (Å²) in [5.74, 6) is -4.31. The van der Waals surface area contributed by atoms with Gasteiger partial charge in [-0.1, -0.05) is 30.0 Å². The van der Waals surface area contributed by atoms with Crippen molar-refractivity contribution in [2.75, 3.05) is 18.5 Å². The van der Waals surface area contributed by atoms with Crippen LogP contribution in [0.5, 0.6) is 0 Å². The minimum Gasteiger partial charge on any atom is -0.454 e. The van der Waals surface area contributed by atoms with Crippen LogP contribution in [0.3, 0.4) is 0 Å². The zero-order chi connectivity index (χ0) is 19.6. The average molecular weight is 394 g/mol. The number of carbonyl (C=O) groups is 3. The number of hydrogen-bond donors (Lipinski definition) is 2. The second-order valence-electron chi connectivity index (χ2n) is 5.16. The first-order valence-corrected chi connectivity index (χ1v) is 8.65. The summed E-state index contributed by atoms with van der Waals surface area (Å²) < 4.78 is 29.2. The Balaban J connectivity index is 1.70. The van der Waals surface area contributed by atoms with Gasteiger partial charge < -0.3 is 15.4 Å². The first-order valence-electron chi connectivity index (χ1n) is 7.77. The summed E-state index contributed by atoms with van der Waals surface area (Å²) in [6, 6.07) is 14.1. The number of amides is 2. The third kappa shape index (κ3) is 7.45. The van der Waals surface area contributed by atoms with Gasteiger partial charge in [0.25, 0.3) is 17.6 Å². The smallest absolute Gasteiger partial charge is 0.325 e. The fraction of sp³-hybridized carbons (Fsp3) is 0.167. The molecule has 0 aliphatic carbocycles. The number of carbonyl (C=O) groups excluding carboxylic acids is 3. The lowest BCUT2D eigenvalue weighted by atomic mass is 10.2. The summed E-state index contributed by atoms with van der Waals surface area (Å²) in [5.41, 5.74) is 0.781. The van der Waals surface area contributed by atoms with Crippen LogP contribution in [0.15, 0.2) is 59.5 Å². The molecule has 0 unspecified atom stereocenters. The lowest BCUT2D eigenvalue weighted by molar-refractivity contribution is -0.146. The zero-order valence-corrected chi connectivity index (χ0v) is 14.8. The number of hydrogen-bond acceptors (Lipinski definition) is 5. The Hall–Kier alpha value is -2.94. The topological polar surface area (TPSA) is 84.5 Å². The van der Waals surface area contributed by atoms with Crippen LogP contribution < -0.4 is 10.6 Å². The maximum absolute atomic E-state index is 12.2. The second kappa shape index (κ2) is 10.3. The van der Waals surface area contributed by atoms with Crippen molar-refractivity contribution in [3.8, 4) is 0 Å². The van der Waals surface area contributed by atoms with E-state index >= 15 is 0 Å². The van der Waals surface area contributed by atoms with Crippen LogP contribution in [0.1, 0.15) is 10.4 Å². The molecule has 27 heavy (non-hydrogen) atoms. The number of anilines is 1. The molecule has 0 radical (unpaired) electrons. The van der Waals surface area contributed by atoms with Crippen molar-refractivity contribution in [1.29, 1.82) is 0 Å². The van der Waals surface area contributed by atoms with Crippen LogP contribution in [0, 0.1) is 0 Å². The Morgan fingerprint density at radius 3 is 2.30 bits per heavy atom. The first-order chi connectivity index (χ1) is 12.9. The summed E-state index contributed by atoms with van der Waals surface area (Å²) >= 11 is 0.396. The molecular weight excluding hydrogens is 378 g/mol. The van der Waals surface area contributed by atoms with Crippen LogP contribution in [-0.4, -0.2) is 36.7 Å². The van der Waals surface area contributed by atoms with E-state index in [1.807, 2.05) is 0 Å². The van der Waals surface area contributed by atoms with Crippen LogP contribution >= 0.6 is 11.8 Å². The van der Waals surface area contributed by atoms with Crippen molar-refractivity contribution in [3.05, 3.63) is 60.2 Å². The van der Waals surface area contributed by atoms with E-state index < -0.39 is 30.1 Å². The molecular formula is C18H16F2N2O4S. The van der Waals surface area contributed by atoms with Gasteiger partial charge in [0.15, 0.2) is 6.61 Å². The maximum Gasteiger partial charge on any atom is 0.325 e. The van der Waals surface area contributed by atoms with E-state index in [1.165, 1.54) is 24.3 Å². The molecule has 2 N–H and O–H groups in total. The van der Waals surface area contributed by atoms with Gasteiger partial charge in [0.2, 0.25) is 0 Å². The number of thioether (sulfide) groups is 1. The predicted octanol–water partition coefficient (Wildman–Crippen LogP) is 2.91. The lowest BCUT2D eigenvalue weighted by Gasteiger charge is -2.08. The highest BCUT2D eigenvalue weighted by molar-refractivity contribution is 7.99. The summed E-state index contributed by atoms with van der Waals surface area (Å²) in [7, 11) is 0. The second-order valence-corrected chi connectivity index (χ2v) is 6.22. The summed E-state index contributed by atoms with van der Waals surface area (Å²) in [6.07, 6.45) is 0. The molecule has 2 aromatic rings. The SMILES string of the molecule is O=C(COC(=O)CNC(=O)c1ccccc1)Nc1ccc(SC(F)F)cc1. The molecule has 0 bridgehead atoms. The summed E-state index contributed by atoms with van der Waals surface area (Å²) in [4.78, 5) is 35.5. The molecule has 0 fully saturated rings. The van der Waals surface area contributed by atoms with E-state index in [-0.39, 0.29) is 6.54 Å². The van der Waals surface area contributed by atoms with Gasteiger partial charge in [-0.05, 0) is 36.4 Å². The van der Waals surface area contributed by atoms with Crippen molar-refractivity contribution in [2.24, 2.45) is 0 Å². The van der Waals surface area contributed by atoms with Gasteiger partial charge in [-0.15, -0.1) is 0 Å². The van der Waals surface area contributed by atoms with Gasteiger partial charge in [0.05, 0.1) is 0 Å². The number of nitrogens with one attached hydrogen (secondary N) is 2. The molecule has 9 heteroatoms. The molecule has 0 aliphatic heterocycles. The van der Waals surface area contributed by atoms with E-state index in [0.29, 0.717) is 27.9 Å². The molecule has 2 amide bonds. The third-order valence-electron chi connectivity index (χ3n) is 3.16. The van der Waals surface area contributed by atoms with E-state index in [2.05, 4.69) is 10.6 Å². The average Bonchev–Trinajstić information content (AvgIpc) is 2.66. The Morgan fingerprint density at radius 2 is 1.67 bits per heavy atom. The van der Waals surface area contributed by atoms with Crippen molar-refractivity contribution in [1.82, 2.24) is 5.32 Å². The Morgan fingerprint density at radius 1 is 1.00 bits per heavy atom. The van der Waals surface area contributed by atoms with Crippen molar-refractivity contribution < 1.29 is 27.9 Å². The van der Waals surface area contributed by atoms with E-state index in [0.717, 1.165) is 0 Å². The molecule has 0 heterocycles. The molecule has 0 saturated heterocycles. The number of alkyl halides is 2. The number of benzene rings is 2. The Kier molecular flexibility index (Phi) is 7.75. The molecule has 2 aromatic carbocycles. The van der Waals surface area contributed by atoms with Crippen molar-refractivity contribution in [3.63, 3.8) is 0 Å². The fourth-order valence-corrected chi connectivity index (χ4v) is 2.46. The largest absolute Gasteiger partial charge is 0.454 e. The van der Waals surface area contributed by atoms with Gasteiger partial charge in [-0.25, -0.2) is 0 Å². The van der Waals surface area contributed by atoms with Crippen molar-refractivity contribution in [2.45, 2.75) is 10.7 Å². The quantitative estimate of drug-likeness (QED) is 0.531. The highest BCUT2D eigenvalue weighted by atomic mass is 32.2. The summed E-state index contributed by atoms with van der Waals surface area (Å²) in [5, 5.41) is 4.85. The van der Waals surface area contributed by atoms with Gasteiger partial charge in [-0.3, -0.25) is 14.4 Å². The normalized spacial score (nSPS) is 10.3. The van der Waals surface area contributed by atoms with Crippen LogP contribution in [0.4, 0.5) is 14.5 Å². The van der Waals surface area contributed by atoms with Gasteiger partial charge in [0, 0.05) is 16.1 Å². The number of ether oxygens (including phenoxy) is 1. The fourth-order valence-electron chi connectivity index (χ4n) is 1.96. The molecule has 142 valence electrons. The van der Waals surface area contributed by atoms with Crippen LogP contribution in [-0.2, 0) is 14.3 Å². The van der Waals surface area contributed by atoms with E-state index in [4.69, 9.17) is 4.74 Å². The lowest BCUT2D eigenvalue weighted by Crippen LogP contribution is -2.32. The van der Waals surface area contributed by atoms with Gasteiger partial charge in [-0.2, -0.15) is 8.78 Å². The van der Waals surface area contributed by atoms with Crippen molar-refractivity contribution >= 4 is 35.2 Å². The molecule has 0 atom stereocenters. The molecule has 0 aliphatic rings. The van der Waals surface area contributed by atoms with Gasteiger partial charge in [0.1, 0.15) is 6.54 Å². The Bertz CT molecular complexity index is 786. The number of esters is 1. The minimum atomic E-state index is -2.52. The van der Waals surface area contributed by atoms with Crippen LogP contribution in [0.25, 0.3) is 0 Å². The first kappa shape index (κ1) is 20.4. The Labute approximate surface area is 158 Å².